The van der Waals surface area contributed by atoms with Crippen LogP contribution in [0.1, 0.15) is 49.0 Å². The van der Waals surface area contributed by atoms with Crippen molar-refractivity contribution in [3.8, 4) is 22.5 Å². The predicted molar refractivity (Wildman–Crippen MR) is 156 cm³/mol. The fraction of sp³-hybridized carbons (Fsp3) is 0.448. The fourth-order valence-corrected chi connectivity index (χ4v) is 6.32. The van der Waals surface area contributed by atoms with Gasteiger partial charge in [0.25, 0.3) is 5.91 Å². The van der Waals surface area contributed by atoms with Gasteiger partial charge in [-0.25, -0.2) is 9.50 Å². The molecule has 2 aliphatic heterocycles. The first-order chi connectivity index (χ1) is 20.0. The molecule has 0 radical (unpaired) electrons. The Labute approximate surface area is 243 Å². The van der Waals surface area contributed by atoms with Gasteiger partial charge in [0.1, 0.15) is 11.8 Å². The van der Waals surface area contributed by atoms with Crippen molar-refractivity contribution in [3.05, 3.63) is 53.4 Å². The zero-order chi connectivity index (χ0) is 28.1. The number of hydrazine groups is 1. The lowest BCUT2D eigenvalue weighted by molar-refractivity contribution is 0.0667. The Kier molecular flexibility index (Phi) is 6.90. The monoisotopic (exact) mass is 575 g/mol. The van der Waals surface area contributed by atoms with Gasteiger partial charge >= 0.3 is 0 Å². The molecule has 1 saturated carbocycles. The van der Waals surface area contributed by atoms with E-state index >= 15 is 0 Å². The molecule has 11 nitrogen and oxygen atoms in total. The van der Waals surface area contributed by atoms with Crippen LogP contribution in [0.3, 0.4) is 0 Å². The maximum absolute atomic E-state index is 14.0. The number of anilines is 1. The summed E-state index contributed by atoms with van der Waals surface area (Å²) in [5, 5.41) is 9.68. The quantitative estimate of drug-likeness (QED) is 0.305. The molecule has 4 N–H and O–H groups in total. The Morgan fingerprint density at radius 2 is 1.98 bits per heavy atom. The minimum absolute atomic E-state index is 0.0359. The molecule has 4 aromatic rings. The van der Waals surface area contributed by atoms with Crippen LogP contribution in [0.4, 0.5) is 5.82 Å². The molecular formula is C29H34ClN9O2. The summed E-state index contributed by atoms with van der Waals surface area (Å²) in [6.45, 7) is 5.08. The van der Waals surface area contributed by atoms with Crippen LogP contribution < -0.4 is 16.6 Å². The van der Waals surface area contributed by atoms with E-state index in [4.69, 9.17) is 22.1 Å². The molecule has 12 heteroatoms. The average Bonchev–Trinajstić information content (AvgIpc) is 3.36. The van der Waals surface area contributed by atoms with Crippen molar-refractivity contribution in [2.24, 2.45) is 5.92 Å². The molecule has 0 bridgehead atoms. The highest BCUT2D eigenvalue weighted by Gasteiger charge is 2.37. The first kappa shape index (κ1) is 26.4. The number of fused-ring (bicyclic) bond motifs is 1. The van der Waals surface area contributed by atoms with Gasteiger partial charge in [-0.05, 0) is 56.9 Å². The number of benzene rings is 1. The summed E-state index contributed by atoms with van der Waals surface area (Å²) in [4.78, 5) is 20.3. The Balaban J connectivity index is 1.29. The molecule has 3 aromatic heterocycles. The van der Waals surface area contributed by atoms with Crippen LogP contribution >= 0.6 is 11.6 Å². The van der Waals surface area contributed by atoms with E-state index in [1.807, 2.05) is 29.3 Å². The topological polar surface area (TPSA) is 128 Å². The lowest BCUT2D eigenvalue weighted by Gasteiger charge is -2.27. The summed E-state index contributed by atoms with van der Waals surface area (Å²) < 4.78 is 9.44. The summed E-state index contributed by atoms with van der Waals surface area (Å²) in [7, 11) is 0. The Morgan fingerprint density at radius 1 is 1.15 bits per heavy atom. The van der Waals surface area contributed by atoms with E-state index in [0.717, 1.165) is 54.7 Å². The normalized spacial score (nSPS) is 21.5. The average molecular weight is 576 g/mol. The molecule has 5 heterocycles. The summed E-state index contributed by atoms with van der Waals surface area (Å²) in [6.07, 6.45) is 7.10. The van der Waals surface area contributed by atoms with Crippen molar-refractivity contribution in [3.63, 3.8) is 0 Å². The molecule has 214 valence electrons. The third-order valence-electron chi connectivity index (χ3n) is 8.64. The molecule has 2 atom stereocenters. The molecule has 3 aliphatic rings. The van der Waals surface area contributed by atoms with Gasteiger partial charge < -0.3 is 15.4 Å². The largest absolute Gasteiger partial charge is 0.382 e. The van der Waals surface area contributed by atoms with E-state index in [9.17, 15) is 4.79 Å². The van der Waals surface area contributed by atoms with Crippen molar-refractivity contribution in [1.29, 1.82) is 0 Å². The van der Waals surface area contributed by atoms with Crippen LogP contribution in [0.25, 0.3) is 28.0 Å². The highest BCUT2D eigenvalue weighted by atomic mass is 35.5. The molecular weight excluding hydrogens is 542 g/mol. The minimum atomic E-state index is -0.0359. The summed E-state index contributed by atoms with van der Waals surface area (Å²) in [5.74, 6) is 0.671. The van der Waals surface area contributed by atoms with Crippen LogP contribution in [-0.2, 0) is 4.74 Å². The molecule has 1 aliphatic carbocycles. The fourth-order valence-electron chi connectivity index (χ4n) is 6.13. The van der Waals surface area contributed by atoms with Gasteiger partial charge in [-0.2, -0.15) is 10.2 Å². The molecule has 2 saturated heterocycles. The number of ether oxygens (including phenoxy) is 1. The number of nitrogen functional groups attached to an aromatic ring is 1. The Bertz CT molecular complexity index is 1590. The van der Waals surface area contributed by atoms with E-state index in [0.29, 0.717) is 47.6 Å². The van der Waals surface area contributed by atoms with E-state index in [2.05, 4.69) is 43.7 Å². The minimum Gasteiger partial charge on any atom is -0.382 e. The standard InChI is InChI=1S/C29H34ClN9O2/c1-17-19(14-33-36-17)15-37(20-3-4-20)29(40)22-12-18(2-5-24(22)30)26-13-23(27-28(31)32-16-35-39(26)27)25-6-9-34-38(25)21-7-10-41-11-8-21/h2,5-6,9,12-13,16-17,19-21,33,36H,3-4,7-8,10-11,14-15H2,1H3,(H2,31,32,35). The first-order valence-electron chi connectivity index (χ1n) is 14.3. The zero-order valence-corrected chi connectivity index (χ0v) is 23.7. The molecule has 1 amide bonds. The maximum Gasteiger partial charge on any atom is 0.255 e. The highest BCUT2D eigenvalue weighted by Crippen LogP contribution is 2.38. The molecule has 0 spiro atoms. The smallest absolute Gasteiger partial charge is 0.255 e. The number of nitrogens with two attached hydrogens (primary N) is 1. The predicted octanol–water partition coefficient (Wildman–Crippen LogP) is 3.56. The molecule has 3 fully saturated rings. The van der Waals surface area contributed by atoms with Crippen molar-refractivity contribution < 1.29 is 9.53 Å². The third-order valence-corrected chi connectivity index (χ3v) is 8.97. The first-order valence-corrected chi connectivity index (χ1v) is 14.7. The SMILES string of the molecule is CC1NNCC1CN(C(=O)c1cc(-c2cc(-c3ccnn3C3CCOCC3)c3c(N)ncnn23)ccc1Cl)C1CC1. The Morgan fingerprint density at radius 3 is 2.73 bits per heavy atom. The van der Waals surface area contributed by atoms with Gasteiger partial charge in [-0.1, -0.05) is 17.7 Å². The van der Waals surface area contributed by atoms with E-state index in [1.54, 1.807) is 10.6 Å². The molecule has 41 heavy (non-hydrogen) atoms. The molecule has 1 aromatic carbocycles. The molecule has 2 unspecified atom stereocenters. The van der Waals surface area contributed by atoms with Gasteiger partial charge in [0, 0.05) is 61.6 Å². The van der Waals surface area contributed by atoms with Gasteiger partial charge in [-0.3, -0.25) is 20.3 Å². The number of rotatable bonds is 7. The van der Waals surface area contributed by atoms with Gasteiger partial charge in [-0.15, -0.1) is 0 Å². The summed E-state index contributed by atoms with van der Waals surface area (Å²) in [5.41, 5.74) is 17.6. The second kappa shape index (κ2) is 10.7. The van der Waals surface area contributed by atoms with Crippen molar-refractivity contribution in [1.82, 2.24) is 40.1 Å². The lowest BCUT2D eigenvalue weighted by atomic mass is 10.0. The van der Waals surface area contributed by atoms with Crippen LogP contribution in [0.2, 0.25) is 5.02 Å². The number of aromatic nitrogens is 5. The number of nitrogens with one attached hydrogen (secondary N) is 2. The number of carbonyl (C=O) groups excluding carboxylic acids is 1. The van der Waals surface area contributed by atoms with Crippen LogP contribution in [-0.4, -0.2) is 73.6 Å². The highest BCUT2D eigenvalue weighted by molar-refractivity contribution is 6.34. The van der Waals surface area contributed by atoms with Crippen LogP contribution in [0.5, 0.6) is 0 Å². The second-order valence-corrected chi connectivity index (χ2v) is 11.7. The van der Waals surface area contributed by atoms with E-state index in [1.165, 1.54) is 6.33 Å². The number of carbonyl (C=O) groups is 1. The number of hydrogen-bond donors (Lipinski definition) is 3. The summed E-state index contributed by atoms with van der Waals surface area (Å²) in [6, 6.07) is 10.4. The van der Waals surface area contributed by atoms with E-state index in [-0.39, 0.29) is 24.0 Å². The maximum atomic E-state index is 14.0. The van der Waals surface area contributed by atoms with Crippen LogP contribution in [0, 0.1) is 5.92 Å². The molecule has 7 rings (SSSR count). The van der Waals surface area contributed by atoms with E-state index < -0.39 is 0 Å². The number of hydrogen-bond acceptors (Lipinski definition) is 8. The lowest BCUT2D eigenvalue weighted by Crippen LogP contribution is -2.40. The van der Waals surface area contributed by atoms with Gasteiger partial charge in [0.05, 0.1) is 28.0 Å². The van der Waals surface area contributed by atoms with Crippen molar-refractivity contribution in [2.45, 2.75) is 50.7 Å². The summed E-state index contributed by atoms with van der Waals surface area (Å²) >= 11 is 6.68. The second-order valence-electron chi connectivity index (χ2n) is 11.3. The van der Waals surface area contributed by atoms with Crippen molar-refractivity contribution in [2.75, 3.05) is 32.0 Å². The third kappa shape index (κ3) is 4.86. The number of halogens is 1. The van der Waals surface area contributed by atoms with Gasteiger partial charge in [0.2, 0.25) is 0 Å². The zero-order valence-electron chi connectivity index (χ0n) is 23.0. The Hall–Kier alpha value is -3.51. The number of amides is 1. The number of nitrogens with zero attached hydrogens (tertiary/aromatic N) is 6. The van der Waals surface area contributed by atoms with Crippen molar-refractivity contribution >= 4 is 28.8 Å². The van der Waals surface area contributed by atoms with Crippen LogP contribution in [0.15, 0.2) is 42.9 Å². The van der Waals surface area contributed by atoms with Gasteiger partial charge in [0.15, 0.2) is 5.82 Å².